The van der Waals surface area contributed by atoms with E-state index < -0.39 is 12.2 Å². The van der Waals surface area contributed by atoms with Gasteiger partial charge in [0.1, 0.15) is 17.7 Å². The van der Waals surface area contributed by atoms with Crippen LogP contribution in [0.3, 0.4) is 0 Å². The highest BCUT2D eigenvalue weighted by Gasteiger charge is 2.42. The minimum Gasteiger partial charge on any atom is -0.493 e. The second-order valence-electron chi connectivity index (χ2n) is 8.24. The van der Waals surface area contributed by atoms with E-state index in [1.807, 2.05) is 44.2 Å². The molecule has 0 aliphatic heterocycles. The van der Waals surface area contributed by atoms with Gasteiger partial charge in [-0.3, -0.25) is 0 Å². The molecule has 0 radical (unpaired) electrons. The molecule has 5 heteroatoms. The minimum absolute atomic E-state index is 0.336. The Morgan fingerprint density at radius 1 is 1.26 bits per heavy atom. The lowest BCUT2D eigenvalue weighted by Crippen LogP contribution is -2.25. The summed E-state index contributed by atoms with van der Waals surface area (Å²) in [5.74, 6) is 0.864. The highest BCUT2D eigenvalue weighted by atomic mass is 19.1. The van der Waals surface area contributed by atoms with Crippen LogP contribution in [0.15, 0.2) is 36.4 Å². The molecule has 0 bridgehead atoms. The van der Waals surface area contributed by atoms with Crippen LogP contribution in [0.4, 0.5) is 9.18 Å². The molecule has 0 saturated heterocycles. The van der Waals surface area contributed by atoms with Gasteiger partial charge in [0.15, 0.2) is 0 Å². The highest BCUT2D eigenvalue weighted by Crippen LogP contribution is 2.48. The average Bonchev–Trinajstić information content (AvgIpc) is 2.82. The topological polar surface area (TPSA) is 61.6 Å². The summed E-state index contributed by atoms with van der Waals surface area (Å²) < 4.78 is 25.8. The van der Waals surface area contributed by atoms with Crippen molar-refractivity contribution in [3.05, 3.63) is 53.3 Å². The predicted molar refractivity (Wildman–Crippen MR) is 103 cm³/mol. The fourth-order valence-electron chi connectivity index (χ4n) is 3.59. The molecule has 1 aliphatic carbocycles. The number of fused-ring (bicyclic) bond motifs is 1. The van der Waals surface area contributed by atoms with Crippen molar-refractivity contribution in [2.24, 2.45) is 17.1 Å². The third-order valence-corrected chi connectivity index (χ3v) is 4.85. The normalized spacial score (nSPS) is 17.6. The van der Waals surface area contributed by atoms with Crippen LogP contribution in [0, 0.1) is 17.2 Å². The summed E-state index contributed by atoms with van der Waals surface area (Å²) in [4.78, 5) is 11.2. The van der Waals surface area contributed by atoms with Gasteiger partial charge in [0.2, 0.25) is 0 Å². The van der Waals surface area contributed by atoms with Gasteiger partial charge >= 0.3 is 6.09 Å². The van der Waals surface area contributed by atoms with Crippen LogP contribution in [-0.4, -0.2) is 12.7 Å². The molecule has 0 saturated carbocycles. The first-order valence-corrected chi connectivity index (χ1v) is 9.19. The van der Waals surface area contributed by atoms with E-state index in [2.05, 4.69) is 13.8 Å². The standard InChI is InChI=1S/C22H26FNO3/c1-13(2)12-26-16-7-5-14(6-8-16)17-9-15-11-22(3,4)20(27-21(24)25)18(15)10-19(17)23/h5-10,13,20H,11-12H2,1-4H3,(H2,24,25). The number of rotatable bonds is 5. The first-order chi connectivity index (χ1) is 12.7. The molecule has 2 N–H and O–H groups in total. The summed E-state index contributed by atoms with van der Waals surface area (Å²) >= 11 is 0. The van der Waals surface area contributed by atoms with Crippen LogP contribution in [0.2, 0.25) is 0 Å². The molecule has 0 fully saturated rings. The first-order valence-electron chi connectivity index (χ1n) is 9.19. The molecule has 0 heterocycles. The molecule has 2 aromatic carbocycles. The summed E-state index contributed by atoms with van der Waals surface area (Å²) in [7, 11) is 0. The Morgan fingerprint density at radius 3 is 2.52 bits per heavy atom. The number of benzene rings is 2. The smallest absolute Gasteiger partial charge is 0.405 e. The van der Waals surface area contributed by atoms with Crippen LogP contribution >= 0.6 is 0 Å². The molecule has 1 atom stereocenters. The van der Waals surface area contributed by atoms with E-state index >= 15 is 0 Å². The molecule has 1 amide bonds. The Hall–Kier alpha value is -2.56. The molecular formula is C22H26FNO3. The summed E-state index contributed by atoms with van der Waals surface area (Å²) in [6.45, 7) is 8.79. The lowest BCUT2D eigenvalue weighted by atomic mass is 9.87. The molecule has 3 rings (SSSR count). The Kier molecular flexibility index (Phi) is 5.13. The van der Waals surface area contributed by atoms with Gasteiger partial charge in [-0.05, 0) is 53.3 Å². The molecule has 0 aromatic heterocycles. The number of hydrogen-bond donors (Lipinski definition) is 1. The third-order valence-electron chi connectivity index (χ3n) is 4.85. The summed E-state index contributed by atoms with van der Waals surface area (Å²) in [6, 6.07) is 10.7. The van der Waals surface area contributed by atoms with Crippen LogP contribution in [-0.2, 0) is 11.2 Å². The highest BCUT2D eigenvalue weighted by molar-refractivity contribution is 5.68. The van der Waals surface area contributed by atoms with Crippen LogP contribution in [0.5, 0.6) is 5.75 Å². The third kappa shape index (κ3) is 4.07. The van der Waals surface area contributed by atoms with Crippen molar-refractivity contribution in [2.45, 2.75) is 40.2 Å². The van der Waals surface area contributed by atoms with Crippen LogP contribution < -0.4 is 10.5 Å². The van der Waals surface area contributed by atoms with E-state index in [0.29, 0.717) is 30.1 Å². The Balaban J connectivity index is 1.90. The minimum atomic E-state index is -0.845. The fraction of sp³-hybridized carbons (Fsp3) is 0.409. The Labute approximate surface area is 159 Å². The van der Waals surface area contributed by atoms with E-state index in [-0.39, 0.29) is 11.2 Å². The van der Waals surface area contributed by atoms with Gasteiger partial charge in [0.05, 0.1) is 6.61 Å². The quantitative estimate of drug-likeness (QED) is 0.781. The molecule has 1 aliphatic rings. The van der Waals surface area contributed by atoms with Gasteiger partial charge in [-0.15, -0.1) is 0 Å². The van der Waals surface area contributed by atoms with Crippen LogP contribution in [0.1, 0.15) is 44.9 Å². The van der Waals surface area contributed by atoms with Gasteiger partial charge in [0, 0.05) is 11.0 Å². The SMILES string of the molecule is CC(C)COc1ccc(-c2cc3c(cc2F)C(OC(N)=O)C(C)(C)C3)cc1. The van der Waals surface area contributed by atoms with Gasteiger partial charge in [-0.1, -0.05) is 39.8 Å². The molecule has 27 heavy (non-hydrogen) atoms. The number of hydrogen-bond acceptors (Lipinski definition) is 3. The van der Waals surface area contributed by atoms with Gasteiger partial charge < -0.3 is 15.2 Å². The summed E-state index contributed by atoms with van der Waals surface area (Å²) in [6.07, 6.45) is -0.703. The summed E-state index contributed by atoms with van der Waals surface area (Å²) in [5, 5.41) is 0. The largest absolute Gasteiger partial charge is 0.493 e. The van der Waals surface area contributed by atoms with Gasteiger partial charge in [0.25, 0.3) is 0 Å². The number of carbonyl (C=O) groups is 1. The maximum Gasteiger partial charge on any atom is 0.405 e. The van der Waals surface area contributed by atoms with Crippen molar-refractivity contribution in [3.63, 3.8) is 0 Å². The number of halogens is 1. The lowest BCUT2D eigenvalue weighted by Gasteiger charge is -2.26. The number of amides is 1. The zero-order valence-corrected chi connectivity index (χ0v) is 16.2. The van der Waals surface area contributed by atoms with Crippen molar-refractivity contribution in [2.75, 3.05) is 6.61 Å². The number of carbonyl (C=O) groups excluding carboxylic acids is 1. The fourth-order valence-corrected chi connectivity index (χ4v) is 3.59. The molecule has 4 nitrogen and oxygen atoms in total. The molecule has 1 unspecified atom stereocenters. The molecule has 144 valence electrons. The number of ether oxygens (including phenoxy) is 2. The van der Waals surface area contributed by atoms with Gasteiger partial charge in [-0.25, -0.2) is 9.18 Å². The first kappa shape index (κ1) is 19.2. The zero-order valence-electron chi connectivity index (χ0n) is 16.2. The number of primary amides is 1. The van der Waals surface area contributed by atoms with E-state index in [0.717, 1.165) is 16.9 Å². The van der Waals surface area contributed by atoms with E-state index in [9.17, 15) is 9.18 Å². The Bertz CT molecular complexity index is 843. The van der Waals surface area contributed by atoms with E-state index in [1.165, 1.54) is 6.07 Å². The van der Waals surface area contributed by atoms with Crippen molar-refractivity contribution >= 4 is 6.09 Å². The van der Waals surface area contributed by atoms with E-state index in [1.54, 1.807) is 0 Å². The number of nitrogens with two attached hydrogens (primary N) is 1. The Morgan fingerprint density at radius 2 is 1.93 bits per heavy atom. The second-order valence-corrected chi connectivity index (χ2v) is 8.24. The van der Waals surface area contributed by atoms with Crippen LogP contribution in [0.25, 0.3) is 11.1 Å². The van der Waals surface area contributed by atoms with Crippen molar-refractivity contribution in [3.8, 4) is 16.9 Å². The molecular weight excluding hydrogens is 345 g/mol. The van der Waals surface area contributed by atoms with Crippen molar-refractivity contribution < 1.29 is 18.7 Å². The van der Waals surface area contributed by atoms with Gasteiger partial charge in [-0.2, -0.15) is 0 Å². The molecule has 2 aromatic rings. The van der Waals surface area contributed by atoms with Crippen molar-refractivity contribution in [1.82, 2.24) is 0 Å². The average molecular weight is 371 g/mol. The maximum atomic E-state index is 14.8. The second kappa shape index (κ2) is 7.22. The summed E-state index contributed by atoms with van der Waals surface area (Å²) in [5.41, 5.74) is 7.84. The van der Waals surface area contributed by atoms with E-state index in [4.69, 9.17) is 15.2 Å². The molecule has 0 spiro atoms. The lowest BCUT2D eigenvalue weighted by molar-refractivity contribution is 0.0391. The predicted octanol–water partition coefficient (Wildman–Crippen LogP) is 5.25. The zero-order chi connectivity index (χ0) is 19.8. The monoisotopic (exact) mass is 371 g/mol. The van der Waals surface area contributed by atoms with Crippen molar-refractivity contribution in [1.29, 1.82) is 0 Å². The maximum absolute atomic E-state index is 14.8.